The van der Waals surface area contributed by atoms with E-state index in [-0.39, 0.29) is 21.9 Å². The summed E-state index contributed by atoms with van der Waals surface area (Å²) in [7, 11) is 1.23. The fraction of sp³-hybridized carbons (Fsp3) is 0.118. The van der Waals surface area contributed by atoms with E-state index in [0.717, 1.165) is 23.5 Å². The maximum atomic E-state index is 13.5. The molecule has 3 rings (SSSR count). The molecule has 0 saturated carbocycles. The number of thiazole rings is 1. The lowest BCUT2D eigenvalue weighted by Crippen LogP contribution is -2.22. The number of fused-ring (bicyclic) bond motifs is 1. The van der Waals surface area contributed by atoms with Gasteiger partial charge in [-0.15, -0.1) is 0 Å². The minimum atomic E-state index is -0.708. The van der Waals surface area contributed by atoms with Crippen molar-refractivity contribution in [2.75, 3.05) is 7.11 Å². The Hall–Kier alpha value is -2.58. The molecule has 0 radical (unpaired) electrons. The number of benzene rings is 2. The zero-order valence-electron chi connectivity index (χ0n) is 13.3. The maximum absolute atomic E-state index is 13.5. The third-order valence-corrected chi connectivity index (χ3v) is 4.87. The lowest BCUT2D eigenvalue weighted by atomic mass is 10.2. The van der Waals surface area contributed by atoms with E-state index in [4.69, 9.17) is 11.6 Å². The van der Waals surface area contributed by atoms with Crippen molar-refractivity contribution in [3.8, 4) is 0 Å². The van der Waals surface area contributed by atoms with Crippen molar-refractivity contribution in [3.05, 3.63) is 63.4 Å². The van der Waals surface area contributed by atoms with Gasteiger partial charge in [0.15, 0.2) is 4.80 Å². The largest absolute Gasteiger partial charge is 0.468 e. The first kappa shape index (κ1) is 18.2. The van der Waals surface area contributed by atoms with E-state index < -0.39 is 23.5 Å². The van der Waals surface area contributed by atoms with Crippen LogP contribution in [-0.4, -0.2) is 23.6 Å². The first-order valence-electron chi connectivity index (χ1n) is 7.29. The molecule has 1 aromatic heterocycles. The van der Waals surface area contributed by atoms with Gasteiger partial charge in [-0.05, 0) is 36.4 Å². The topological polar surface area (TPSA) is 60.7 Å². The quantitative estimate of drug-likeness (QED) is 0.636. The fourth-order valence-corrected chi connectivity index (χ4v) is 3.59. The highest BCUT2D eigenvalue weighted by Gasteiger charge is 2.15. The molecular formula is C17H11ClF2N2O3S. The second kappa shape index (κ2) is 7.35. The number of halogens is 3. The Morgan fingerprint density at radius 1 is 1.19 bits per heavy atom. The van der Waals surface area contributed by atoms with Gasteiger partial charge in [0.05, 0.1) is 27.9 Å². The van der Waals surface area contributed by atoms with Crippen LogP contribution in [0.15, 0.2) is 41.4 Å². The second-order valence-electron chi connectivity index (χ2n) is 5.20. The van der Waals surface area contributed by atoms with Gasteiger partial charge in [0.1, 0.15) is 18.2 Å². The number of nitrogens with zero attached hydrogens (tertiary/aromatic N) is 2. The Bertz CT molecular complexity index is 1090. The van der Waals surface area contributed by atoms with E-state index in [0.29, 0.717) is 10.2 Å². The van der Waals surface area contributed by atoms with Gasteiger partial charge < -0.3 is 9.30 Å². The molecule has 0 fully saturated rings. The molecule has 0 aliphatic carbocycles. The van der Waals surface area contributed by atoms with E-state index in [2.05, 4.69) is 9.73 Å². The molecule has 0 saturated heterocycles. The minimum absolute atomic E-state index is 0.0151. The van der Waals surface area contributed by atoms with Gasteiger partial charge in [-0.1, -0.05) is 22.9 Å². The van der Waals surface area contributed by atoms with Crippen LogP contribution in [0.4, 0.5) is 8.78 Å². The van der Waals surface area contributed by atoms with Crippen LogP contribution in [0.2, 0.25) is 5.02 Å². The van der Waals surface area contributed by atoms with Gasteiger partial charge in [0.2, 0.25) is 0 Å². The van der Waals surface area contributed by atoms with Gasteiger partial charge >= 0.3 is 5.97 Å². The van der Waals surface area contributed by atoms with Crippen LogP contribution in [0.25, 0.3) is 10.2 Å². The number of carbonyl (C=O) groups excluding carboxylic acids is 2. The summed E-state index contributed by atoms with van der Waals surface area (Å²) in [5.41, 5.74) is 0.542. The van der Waals surface area contributed by atoms with Crippen LogP contribution >= 0.6 is 22.9 Å². The van der Waals surface area contributed by atoms with Gasteiger partial charge in [0.25, 0.3) is 5.91 Å². The molecule has 0 aliphatic heterocycles. The van der Waals surface area contributed by atoms with E-state index in [9.17, 15) is 18.4 Å². The summed E-state index contributed by atoms with van der Waals surface area (Å²) in [6.45, 7) is -0.203. The van der Waals surface area contributed by atoms with Crippen molar-refractivity contribution in [1.82, 2.24) is 4.57 Å². The summed E-state index contributed by atoms with van der Waals surface area (Å²) in [5, 5.41) is -0.0783. The van der Waals surface area contributed by atoms with Crippen LogP contribution in [0.5, 0.6) is 0 Å². The summed E-state index contributed by atoms with van der Waals surface area (Å²) in [6.07, 6.45) is 0. The molecule has 0 aliphatic rings. The third kappa shape index (κ3) is 3.66. The van der Waals surface area contributed by atoms with E-state index in [1.807, 2.05) is 0 Å². The molecule has 3 aromatic rings. The van der Waals surface area contributed by atoms with Crippen LogP contribution in [-0.2, 0) is 16.1 Å². The lowest BCUT2D eigenvalue weighted by molar-refractivity contribution is -0.141. The molecule has 0 bridgehead atoms. The molecule has 1 heterocycles. The Kier molecular flexibility index (Phi) is 5.15. The molecule has 2 aromatic carbocycles. The first-order chi connectivity index (χ1) is 12.4. The molecular weight excluding hydrogens is 386 g/mol. The average Bonchev–Trinajstić information content (AvgIpc) is 2.90. The number of methoxy groups -OCH3 is 1. The number of rotatable bonds is 3. The third-order valence-electron chi connectivity index (χ3n) is 3.52. The van der Waals surface area contributed by atoms with E-state index in [1.165, 1.54) is 35.9 Å². The highest BCUT2D eigenvalue weighted by molar-refractivity contribution is 7.16. The SMILES string of the molecule is COC(=O)Cn1c(=NC(=O)c2ccc(F)cc2Cl)sc2cc(F)ccc21. The highest BCUT2D eigenvalue weighted by atomic mass is 35.5. The van der Waals surface area contributed by atoms with Crippen LogP contribution in [0, 0.1) is 11.6 Å². The first-order valence-corrected chi connectivity index (χ1v) is 8.48. The van der Waals surface area contributed by atoms with Crippen molar-refractivity contribution < 1.29 is 23.1 Å². The van der Waals surface area contributed by atoms with Gasteiger partial charge in [-0.25, -0.2) is 8.78 Å². The van der Waals surface area contributed by atoms with Crippen molar-refractivity contribution in [3.63, 3.8) is 0 Å². The molecule has 9 heteroatoms. The van der Waals surface area contributed by atoms with Crippen molar-refractivity contribution >= 4 is 45.0 Å². The summed E-state index contributed by atoms with van der Waals surface area (Å²) in [5.74, 6) is -2.29. The number of aromatic nitrogens is 1. The fourth-order valence-electron chi connectivity index (χ4n) is 2.29. The minimum Gasteiger partial charge on any atom is -0.468 e. The van der Waals surface area contributed by atoms with Crippen LogP contribution in [0.1, 0.15) is 10.4 Å². The van der Waals surface area contributed by atoms with Crippen molar-refractivity contribution in [2.45, 2.75) is 6.54 Å². The average molecular weight is 397 g/mol. The number of hydrogen-bond acceptors (Lipinski definition) is 4. The number of esters is 1. The second-order valence-corrected chi connectivity index (χ2v) is 6.62. The summed E-state index contributed by atoms with van der Waals surface area (Å²) in [6, 6.07) is 7.33. The molecule has 134 valence electrons. The zero-order valence-corrected chi connectivity index (χ0v) is 14.9. The van der Waals surface area contributed by atoms with E-state index in [1.54, 1.807) is 0 Å². The number of carbonyl (C=O) groups is 2. The summed E-state index contributed by atoms with van der Waals surface area (Å²) < 4.78 is 33.2. The van der Waals surface area contributed by atoms with E-state index >= 15 is 0 Å². The molecule has 26 heavy (non-hydrogen) atoms. The molecule has 1 amide bonds. The van der Waals surface area contributed by atoms with Gasteiger partial charge in [-0.3, -0.25) is 9.59 Å². The maximum Gasteiger partial charge on any atom is 0.325 e. The van der Waals surface area contributed by atoms with Crippen LogP contribution < -0.4 is 4.80 Å². The summed E-state index contributed by atoms with van der Waals surface area (Å²) >= 11 is 6.92. The lowest BCUT2D eigenvalue weighted by Gasteiger charge is -2.04. The Balaban J connectivity index is 2.15. The zero-order chi connectivity index (χ0) is 18.8. The molecule has 0 unspecified atom stereocenters. The molecule has 0 atom stereocenters. The normalized spacial score (nSPS) is 11.8. The van der Waals surface area contributed by atoms with Crippen molar-refractivity contribution in [1.29, 1.82) is 0 Å². The number of hydrogen-bond donors (Lipinski definition) is 0. The standard InChI is InChI=1S/C17H11ClF2N2O3S/c1-25-15(23)8-22-13-5-3-10(20)7-14(13)26-17(22)21-16(24)11-4-2-9(19)6-12(11)18/h2-7H,8H2,1H3. The van der Waals surface area contributed by atoms with Crippen molar-refractivity contribution in [2.24, 2.45) is 4.99 Å². The van der Waals surface area contributed by atoms with Gasteiger partial charge in [-0.2, -0.15) is 4.99 Å². The molecule has 0 spiro atoms. The molecule has 0 N–H and O–H groups in total. The smallest absolute Gasteiger partial charge is 0.325 e. The summed E-state index contributed by atoms with van der Waals surface area (Å²) in [4.78, 5) is 28.3. The molecule has 5 nitrogen and oxygen atoms in total. The van der Waals surface area contributed by atoms with Crippen LogP contribution in [0.3, 0.4) is 0 Å². The predicted octanol–water partition coefficient (Wildman–Crippen LogP) is 3.55. The highest BCUT2D eigenvalue weighted by Crippen LogP contribution is 2.20. The predicted molar refractivity (Wildman–Crippen MR) is 93.1 cm³/mol. The Morgan fingerprint density at radius 2 is 1.88 bits per heavy atom. The van der Waals surface area contributed by atoms with Gasteiger partial charge in [0, 0.05) is 0 Å². The Morgan fingerprint density at radius 3 is 2.58 bits per heavy atom. The number of amides is 1. The Labute approximate surface area is 155 Å². The number of ether oxygens (including phenoxy) is 1. The monoisotopic (exact) mass is 396 g/mol.